The number of nitrogens with one attached hydrogen (secondary N) is 1. The Kier molecular flexibility index (Phi) is 7.17. The number of nitrogens with zero attached hydrogens (tertiary/aromatic N) is 1. The summed E-state index contributed by atoms with van der Waals surface area (Å²) in [6.45, 7) is -0.0161. The molecular weight excluding hydrogens is 487 g/mol. The van der Waals surface area contributed by atoms with Crippen LogP contribution >= 0.6 is 35.0 Å². The molecule has 1 heterocycles. The zero-order valence-corrected chi connectivity index (χ0v) is 19.9. The van der Waals surface area contributed by atoms with Crippen LogP contribution in [0.5, 0.6) is 11.5 Å². The SMILES string of the molecule is COc1cc(/C=C2\SC(=O)N(Cc3ccc(Cl)c(Cl)c3)C2=O)ccc1OCC(=O)NC1CC1. The van der Waals surface area contributed by atoms with E-state index in [1.807, 2.05) is 0 Å². The van der Waals surface area contributed by atoms with Crippen LogP contribution in [-0.4, -0.2) is 41.7 Å². The molecule has 33 heavy (non-hydrogen) atoms. The summed E-state index contributed by atoms with van der Waals surface area (Å²) >= 11 is 12.8. The van der Waals surface area contributed by atoms with Crippen molar-refractivity contribution in [1.29, 1.82) is 0 Å². The number of benzene rings is 2. The summed E-state index contributed by atoms with van der Waals surface area (Å²) < 4.78 is 10.9. The Balaban J connectivity index is 1.45. The van der Waals surface area contributed by atoms with E-state index in [-0.39, 0.29) is 30.3 Å². The second-order valence-electron chi connectivity index (χ2n) is 7.56. The van der Waals surface area contributed by atoms with Gasteiger partial charge in [-0.05, 0) is 66.1 Å². The fourth-order valence-electron chi connectivity index (χ4n) is 3.14. The van der Waals surface area contributed by atoms with Gasteiger partial charge in [-0.25, -0.2) is 0 Å². The lowest BCUT2D eigenvalue weighted by atomic mass is 10.1. The van der Waals surface area contributed by atoms with E-state index in [1.165, 1.54) is 7.11 Å². The molecule has 1 aliphatic carbocycles. The maximum absolute atomic E-state index is 12.8. The molecule has 0 radical (unpaired) electrons. The first-order valence-corrected chi connectivity index (χ1v) is 11.7. The Morgan fingerprint density at radius 3 is 2.64 bits per heavy atom. The van der Waals surface area contributed by atoms with Crippen molar-refractivity contribution >= 4 is 58.1 Å². The van der Waals surface area contributed by atoms with E-state index < -0.39 is 5.91 Å². The summed E-state index contributed by atoms with van der Waals surface area (Å²) in [5.41, 5.74) is 1.35. The zero-order valence-electron chi connectivity index (χ0n) is 17.6. The first-order chi connectivity index (χ1) is 15.8. The predicted molar refractivity (Wildman–Crippen MR) is 128 cm³/mol. The van der Waals surface area contributed by atoms with Crippen molar-refractivity contribution in [2.45, 2.75) is 25.4 Å². The van der Waals surface area contributed by atoms with Crippen molar-refractivity contribution in [2.24, 2.45) is 0 Å². The molecule has 0 spiro atoms. The van der Waals surface area contributed by atoms with Gasteiger partial charge < -0.3 is 14.8 Å². The largest absolute Gasteiger partial charge is 0.493 e. The average molecular weight is 507 g/mol. The zero-order chi connectivity index (χ0) is 23.5. The highest BCUT2D eigenvalue weighted by molar-refractivity contribution is 8.18. The molecule has 2 aliphatic rings. The number of imide groups is 1. The van der Waals surface area contributed by atoms with E-state index in [0.717, 1.165) is 29.5 Å². The lowest BCUT2D eigenvalue weighted by molar-refractivity contribution is -0.124. The number of ether oxygens (including phenoxy) is 2. The van der Waals surface area contributed by atoms with Gasteiger partial charge in [0, 0.05) is 6.04 Å². The molecule has 2 fully saturated rings. The third-order valence-corrected chi connectivity index (χ3v) is 6.63. The standard InChI is InChI=1S/C23H20Cl2N2O5S/c1-31-19-9-13(3-7-18(19)32-12-21(28)26-15-4-5-15)10-20-22(29)27(23(30)33-20)11-14-2-6-16(24)17(25)8-14/h2-3,6-10,15H,4-5,11-12H2,1H3,(H,26,28)/b20-10-. The number of thioether (sulfide) groups is 1. The second-order valence-corrected chi connectivity index (χ2v) is 9.36. The second kappa shape index (κ2) is 10.1. The fraction of sp³-hybridized carbons (Fsp3) is 0.261. The topological polar surface area (TPSA) is 84.9 Å². The van der Waals surface area contributed by atoms with E-state index in [0.29, 0.717) is 37.6 Å². The van der Waals surface area contributed by atoms with Gasteiger partial charge in [-0.1, -0.05) is 35.3 Å². The first-order valence-electron chi connectivity index (χ1n) is 10.1. The van der Waals surface area contributed by atoms with Crippen LogP contribution in [0, 0.1) is 0 Å². The Hall–Kier alpha value is -2.68. The van der Waals surface area contributed by atoms with Gasteiger partial charge in [0.15, 0.2) is 18.1 Å². The third kappa shape index (κ3) is 5.82. The van der Waals surface area contributed by atoms with E-state index in [1.54, 1.807) is 42.5 Å². The van der Waals surface area contributed by atoms with Crippen LogP contribution in [0.2, 0.25) is 10.0 Å². The monoisotopic (exact) mass is 506 g/mol. The molecule has 1 saturated carbocycles. The van der Waals surface area contributed by atoms with E-state index in [2.05, 4.69) is 5.32 Å². The molecule has 0 bridgehead atoms. The Morgan fingerprint density at radius 2 is 1.94 bits per heavy atom. The van der Waals surface area contributed by atoms with Crippen molar-refractivity contribution < 1.29 is 23.9 Å². The number of amides is 3. The van der Waals surface area contributed by atoms with Crippen molar-refractivity contribution in [2.75, 3.05) is 13.7 Å². The number of halogens is 2. The molecule has 1 N–H and O–H groups in total. The molecule has 2 aromatic rings. The van der Waals surface area contributed by atoms with Crippen LogP contribution < -0.4 is 14.8 Å². The van der Waals surface area contributed by atoms with Crippen molar-refractivity contribution in [3.63, 3.8) is 0 Å². The van der Waals surface area contributed by atoms with Crippen LogP contribution in [0.3, 0.4) is 0 Å². The average Bonchev–Trinajstić information content (AvgIpc) is 3.57. The molecule has 0 atom stereocenters. The maximum Gasteiger partial charge on any atom is 0.293 e. The number of methoxy groups -OCH3 is 1. The Labute approximate surface area is 205 Å². The van der Waals surface area contributed by atoms with Gasteiger partial charge in [0.2, 0.25) is 0 Å². The highest BCUT2D eigenvalue weighted by Crippen LogP contribution is 2.36. The normalized spacial score (nSPS) is 16.9. The van der Waals surface area contributed by atoms with E-state index >= 15 is 0 Å². The molecular formula is C23H20Cl2N2O5S. The molecule has 1 aliphatic heterocycles. The molecule has 1 saturated heterocycles. The summed E-state index contributed by atoms with van der Waals surface area (Å²) in [5.74, 6) is 0.248. The van der Waals surface area contributed by atoms with Crippen molar-refractivity contribution in [1.82, 2.24) is 10.2 Å². The molecule has 172 valence electrons. The summed E-state index contributed by atoms with van der Waals surface area (Å²) in [6, 6.07) is 10.3. The van der Waals surface area contributed by atoms with Gasteiger partial charge in [0.05, 0.1) is 28.6 Å². The third-order valence-electron chi connectivity index (χ3n) is 4.98. The van der Waals surface area contributed by atoms with Gasteiger partial charge in [0.25, 0.3) is 17.1 Å². The number of rotatable bonds is 8. The van der Waals surface area contributed by atoms with Crippen LogP contribution in [0.15, 0.2) is 41.3 Å². The quantitative estimate of drug-likeness (QED) is 0.512. The fourth-order valence-corrected chi connectivity index (χ4v) is 4.30. The van der Waals surface area contributed by atoms with E-state index in [4.69, 9.17) is 32.7 Å². The lowest BCUT2D eigenvalue weighted by Gasteiger charge is -2.13. The Bertz CT molecular complexity index is 1150. The molecule has 2 aromatic carbocycles. The molecule has 0 unspecified atom stereocenters. The molecule has 4 rings (SSSR count). The lowest BCUT2D eigenvalue weighted by Crippen LogP contribution is -2.30. The minimum Gasteiger partial charge on any atom is -0.493 e. The van der Waals surface area contributed by atoms with Crippen LogP contribution in [0.25, 0.3) is 6.08 Å². The summed E-state index contributed by atoms with van der Waals surface area (Å²) in [6.07, 6.45) is 3.62. The highest BCUT2D eigenvalue weighted by atomic mass is 35.5. The summed E-state index contributed by atoms with van der Waals surface area (Å²) in [4.78, 5) is 38.6. The smallest absolute Gasteiger partial charge is 0.293 e. The highest BCUT2D eigenvalue weighted by Gasteiger charge is 2.35. The van der Waals surface area contributed by atoms with Crippen molar-refractivity contribution in [3.05, 3.63) is 62.5 Å². The van der Waals surface area contributed by atoms with Crippen molar-refractivity contribution in [3.8, 4) is 11.5 Å². The molecule has 10 heteroatoms. The molecule has 7 nitrogen and oxygen atoms in total. The molecule has 3 amide bonds. The van der Waals surface area contributed by atoms with Gasteiger partial charge in [-0.2, -0.15) is 0 Å². The van der Waals surface area contributed by atoms with Crippen LogP contribution in [0.4, 0.5) is 4.79 Å². The first kappa shape index (κ1) is 23.5. The number of hydrogen-bond acceptors (Lipinski definition) is 6. The molecule has 0 aromatic heterocycles. The van der Waals surface area contributed by atoms with Crippen LogP contribution in [-0.2, 0) is 16.1 Å². The maximum atomic E-state index is 12.8. The van der Waals surface area contributed by atoms with Crippen LogP contribution in [0.1, 0.15) is 24.0 Å². The van der Waals surface area contributed by atoms with E-state index in [9.17, 15) is 14.4 Å². The number of carbonyl (C=O) groups is 3. The van der Waals surface area contributed by atoms with Gasteiger partial charge in [-0.3, -0.25) is 19.3 Å². The number of hydrogen-bond donors (Lipinski definition) is 1. The van der Waals surface area contributed by atoms with Gasteiger partial charge >= 0.3 is 0 Å². The van der Waals surface area contributed by atoms with Gasteiger partial charge in [0.1, 0.15) is 0 Å². The minimum atomic E-state index is -0.396. The van der Waals surface area contributed by atoms with Gasteiger partial charge in [-0.15, -0.1) is 0 Å². The number of carbonyl (C=O) groups excluding carboxylic acids is 3. The predicted octanol–water partition coefficient (Wildman–Crippen LogP) is 4.90. The Morgan fingerprint density at radius 1 is 1.15 bits per heavy atom. The minimum absolute atomic E-state index is 0.0952. The summed E-state index contributed by atoms with van der Waals surface area (Å²) in [5, 5.41) is 3.24. The summed E-state index contributed by atoms with van der Waals surface area (Å²) in [7, 11) is 1.49.